The van der Waals surface area contributed by atoms with Gasteiger partial charge in [-0.3, -0.25) is 19.0 Å². The van der Waals surface area contributed by atoms with Crippen molar-refractivity contribution in [3.8, 4) is 0 Å². The first-order valence-electron chi connectivity index (χ1n) is 6.79. The molecule has 22 heavy (non-hydrogen) atoms. The van der Waals surface area contributed by atoms with Crippen molar-refractivity contribution in [1.29, 1.82) is 0 Å². The first-order valence-corrected chi connectivity index (χ1v) is 6.79. The summed E-state index contributed by atoms with van der Waals surface area (Å²) < 4.78 is 3.15. The number of rotatable bonds is 3. The van der Waals surface area contributed by atoms with E-state index >= 15 is 0 Å². The van der Waals surface area contributed by atoms with Crippen LogP contribution in [-0.2, 0) is 14.1 Å². The molecule has 0 aromatic carbocycles. The van der Waals surface area contributed by atoms with Gasteiger partial charge in [0.15, 0.2) is 5.69 Å². The Morgan fingerprint density at radius 2 is 1.82 bits per heavy atom. The van der Waals surface area contributed by atoms with Crippen LogP contribution in [0.3, 0.4) is 0 Å². The highest BCUT2D eigenvalue weighted by Gasteiger charge is 2.24. The molecule has 2 aromatic heterocycles. The van der Waals surface area contributed by atoms with Crippen LogP contribution in [0.4, 0.5) is 5.69 Å². The monoisotopic (exact) mass is 304 g/mol. The molecule has 118 valence electrons. The number of amides is 2. The molecule has 2 rings (SSSR count). The fourth-order valence-corrected chi connectivity index (χ4v) is 2.12. The summed E-state index contributed by atoms with van der Waals surface area (Å²) in [6.07, 6.45) is 1.64. The number of nitrogens with zero attached hydrogens (tertiary/aromatic N) is 5. The summed E-state index contributed by atoms with van der Waals surface area (Å²) in [5.74, 6) is -0.573. The number of carbonyl (C=O) groups is 2. The van der Waals surface area contributed by atoms with Gasteiger partial charge in [0.25, 0.3) is 11.8 Å². The van der Waals surface area contributed by atoms with E-state index in [4.69, 9.17) is 0 Å². The summed E-state index contributed by atoms with van der Waals surface area (Å²) in [4.78, 5) is 26.1. The molecule has 0 radical (unpaired) electrons. The van der Waals surface area contributed by atoms with Gasteiger partial charge in [0.05, 0.1) is 22.6 Å². The van der Waals surface area contributed by atoms with Crippen molar-refractivity contribution in [2.75, 3.05) is 19.4 Å². The van der Waals surface area contributed by atoms with Gasteiger partial charge in [-0.25, -0.2) is 0 Å². The van der Waals surface area contributed by atoms with E-state index in [0.29, 0.717) is 22.6 Å². The molecule has 1 N–H and O–H groups in total. The summed E-state index contributed by atoms with van der Waals surface area (Å²) in [6.45, 7) is 3.56. The Labute approximate surface area is 128 Å². The van der Waals surface area contributed by atoms with Crippen LogP contribution in [0.25, 0.3) is 0 Å². The Balaban J connectivity index is 2.39. The van der Waals surface area contributed by atoms with Gasteiger partial charge >= 0.3 is 0 Å². The molecule has 2 heterocycles. The van der Waals surface area contributed by atoms with Crippen LogP contribution in [0.1, 0.15) is 32.2 Å². The number of hydrogen-bond donors (Lipinski definition) is 1. The predicted octanol–water partition coefficient (Wildman–Crippen LogP) is 0.725. The number of nitrogens with one attached hydrogen (secondary N) is 1. The maximum absolute atomic E-state index is 12.4. The average molecular weight is 304 g/mol. The fourth-order valence-electron chi connectivity index (χ4n) is 2.12. The zero-order chi connectivity index (χ0) is 16.6. The fraction of sp³-hybridized carbons (Fsp3) is 0.429. The lowest BCUT2D eigenvalue weighted by molar-refractivity contribution is 0.0822. The quantitative estimate of drug-likeness (QED) is 0.905. The number of anilines is 1. The van der Waals surface area contributed by atoms with Crippen molar-refractivity contribution < 1.29 is 9.59 Å². The predicted molar refractivity (Wildman–Crippen MR) is 81.9 cm³/mol. The molecular weight excluding hydrogens is 284 g/mol. The first-order chi connectivity index (χ1) is 10.2. The van der Waals surface area contributed by atoms with Crippen molar-refractivity contribution in [2.45, 2.75) is 13.8 Å². The van der Waals surface area contributed by atoms with Gasteiger partial charge in [-0.1, -0.05) is 0 Å². The standard InChI is InChI=1S/C14H20N6O2/c1-8-10(7-19(5)16-8)13(21)15-11-9(2)20(6)17-12(11)14(22)18(3)4/h7H,1-6H3,(H,15,21). The third-order valence-corrected chi connectivity index (χ3v) is 3.44. The summed E-state index contributed by atoms with van der Waals surface area (Å²) in [5, 5.41) is 11.1. The van der Waals surface area contributed by atoms with Gasteiger partial charge in [0.2, 0.25) is 0 Å². The second-order valence-corrected chi connectivity index (χ2v) is 5.39. The number of carbonyl (C=O) groups excluding carboxylic acids is 2. The summed E-state index contributed by atoms with van der Waals surface area (Å²) >= 11 is 0. The lowest BCUT2D eigenvalue weighted by Crippen LogP contribution is -2.24. The summed E-state index contributed by atoms with van der Waals surface area (Å²) in [6, 6.07) is 0. The SMILES string of the molecule is Cc1nn(C)cc1C(=O)Nc1c(C(=O)N(C)C)nn(C)c1C. The van der Waals surface area contributed by atoms with E-state index in [1.54, 1.807) is 57.6 Å². The van der Waals surface area contributed by atoms with E-state index in [0.717, 1.165) is 0 Å². The smallest absolute Gasteiger partial charge is 0.276 e. The molecule has 0 spiro atoms. The Bertz CT molecular complexity index is 741. The largest absolute Gasteiger partial charge is 0.343 e. The van der Waals surface area contributed by atoms with Crippen LogP contribution < -0.4 is 5.32 Å². The van der Waals surface area contributed by atoms with E-state index in [2.05, 4.69) is 15.5 Å². The van der Waals surface area contributed by atoms with Crippen LogP contribution in [0.15, 0.2) is 6.20 Å². The van der Waals surface area contributed by atoms with Gasteiger partial charge in [0, 0.05) is 34.4 Å². The zero-order valence-corrected chi connectivity index (χ0v) is 13.6. The molecule has 0 atom stereocenters. The maximum Gasteiger partial charge on any atom is 0.276 e. The van der Waals surface area contributed by atoms with Crippen LogP contribution >= 0.6 is 0 Å². The molecule has 0 aliphatic rings. The van der Waals surface area contributed by atoms with Crippen molar-refractivity contribution in [3.63, 3.8) is 0 Å². The van der Waals surface area contributed by atoms with E-state index in [9.17, 15) is 9.59 Å². The zero-order valence-electron chi connectivity index (χ0n) is 13.6. The topological polar surface area (TPSA) is 85.1 Å². The number of aryl methyl sites for hydroxylation is 3. The molecule has 0 aliphatic carbocycles. The van der Waals surface area contributed by atoms with E-state index < -0.39 is 0 Å². The second kappa shape index (κ2) is 5.63. The highest BCUT2D eigenvalue weighted by molar-refractivity contribution is 6.09. The van der Waals surface area contributed by atoms with Crippen molar-refractivity contribution >= 4 is 17.5 Å². The Morgan fingerprint density at radius 3 is 2.32 bits per heavy atom. The molecule has 0 saturated carbocycles. The van der Waals surface area contributed by atoms with Crippen LogP contribution in [0, 0.1) is 13.8 Å². The minimum atomic E-state index is -0.311. The second-order valence-electron chi connectivity index (χ2n) is 5.39. The highest BCUT2D eigenvalue weighted by Crippen LogP contribution is 2.22. The van der Waals surface area contributed by atoms with E-state index in [1.807, 2.05) is 0 Å². The Morgan fingerprint density at radius 1 is 1.18 bits per heavy atom. The summed E-state index contributed by atoms with van der Waals surface area (Å²) in [5.41, 5.74) is 2.45. The van der Waals surface area contributed by atoms with Gasteiger partial charge < -0.3 is 10.2 Å². The van der Waals surface area contributed by atoms with E-state index in [1.165, 1.54) is 4.90 Å². The highest BCUT2D eigenvalue weighted by atomic mass is 16.2. The third-order valence-electron chi connectivity index (χ3n) is 3.44. The normalized spacial score (nSPS) is 10.6. The van der Waals surface area contributed by atoms with Crippen LogP contribution in [-0.4, -0.2) is 50.4 Å². The molecule has 2 amide bonds. The van der Waals surface area contributed by atoms with Gasteiger partial charge in [-0.2, -0.15) is 10.2 Å². The van der Waals surface area contributed by atoms with Crippen molar-refractivity contribution in [3.05, 3.63) is 28.8 Å². The van der Waals surface area contributed by atoms with E-state index in [-0.39, 0.29) is 17.5 Å². The molecule has 2 aromatic rings. The lowest BCUT2D eigenvalue weighted by atomic mass is 10.2. The molecule has 0 fully saturated rings. The van der Waals surface area contributed by atoms with Gasteiger partial charge in [-0.15, -0.1) is 0 Å². The molecular formula is C14H20N6O2. The lowest BCUT2D eigenvalue weighted by Gasteiger charge is -2.10. The molecule has 8 nitrogen and oxygen atoms in total. The molecule has 0 bridgehead atoms. The minimum Gasteiger partial charge on any atom is -0.343 e. The van der Waals surface area contributed by atoms with Crippen molar-refractivity contribution in [2.24, 2.45) is 14.1 Å². The molecule has 0 aliphatic heterocycles. The Hall–Kier alpha value is -2.64. The van der Waals surface area contributed by atoms with Crippen molar-refractivity contribution in [1.82, 2.24) is 24.5 Å². The molecule has 0 unspecified atom stereocenters. The maximum atomic E-state index is 12.4. The van der Waals surface area contributed by atoms with Crippen LogP contribution in [0.5, 0.6) is 0 Å². The average Bonchev–Trinajstić information content (AvgIpc) is 2.91. The van der Waals surface area contributed by atoms with Gasteiger partial charge in [-0.05, 0) is 13.8 Å². The van der Waals surface area contributed by atoms with Crippen LogP contribution in [0.2, 0.25) is 0 Å². The molecule has 0 saturated heterocycles. The molecule has 8 heteroatoms. The number of hydrogen-bond acceptors (Lipinski definition) is 4. The minimum absolute atomic E-state index is 0.222. The third kappa shape index (κ3) is 2.72. The number of aromatic nitrogens is 4. The Kier molecular flexibility index (Phi) is 4.03. The van der Waals surface area contributed by atoms with Gasteiger partial charge in [0.1, 0.15) is 0 Å². The first kappa shape index (κ1) is 15.7. The summed E-state index contributed by atoms with van der Waals surface area (Å²) in [7, 11) is 6.76.